The Balaban J connectivity index is 2.91. The van der Waals surface area contributed by atoms with Crippen molar-refractivity contribution in [3.8, 4) is 0 Å². The molecule has 1 heterocycles. The van der Waals surface area contributed by atoms with E-state index in [1.165, 1.54) is 6.08 Å². The van der Waals surface area contributed by atoms with E-state index in [1.807, 2.05) is 0 Å². The van der Waals surface area contributed by atoms with Crippen LogP contribution in [0, 0.1) is 5.92 Å². The molecule has 5 N–H and O–H groups in total. The van der Waals surface area contributed by atoms with E-state index >= 15 is 0 Å². The van der Waals surface area contributed by atoms with Crippen LogP contribution in [0.15, 0.2) is 12.2 Å². The molecule has 7 nitrogen and oxygen atoms in total. The number of hydrogen-bond acceptors (Lipinski definition) is 4. The second-order valence-electron chi connectivity index (χ2n) is 4.41. The smallest absolute Gasteiger partial charge is 0.322 e. The molecule has 19 heavy (non-hydrogen) atoms. The number of unbranched alkanes of at least 4 members (excludes halogenated alkanes) is 1. The maximum Gasteiger partial charge on any atom is 0.361 e. The molecule has 0 fully saturated rings. The average molecular weight is 329 g/mol. The first-order valence-corrected chi connectivity index (χ1v) is 9.33. The molecule has 10 heteroatoms. The van der Waals surface area contributed by atoms with E-state index in [0.29, 0.717) is 0 Å². The van der Waals surface area contributed by atoms with E-state index in [0.717, 1.165) is 25.3 Å². The van der Waals surface area contributed by atoms with Crippen molar-refractivity contribution in [1.82, 2.24) is 5.32 Å². The van der Waals surface area contributed by atoms with E-state index in [1.54, 1.807) is 5.37 Å². The Morgan fingerprint density at radius 3 is 2.26 bits per heavy atom. The summed E-state index contributed by atoms with van der Waals surface area (Å²) in [6, 6.07) is 0. The summed E-state index contributed by atoms with van der Waals surface area (Å²) >= 11 is 4.69. The Hall–Kier alpha value is 0.0900. The molecule has 0 aromatic carbocycles. The zero-order chi connectivity index (χ0) is 14.7. The number of hydrogen-bond donors (Lipinski definition) is 5. The zero-order valence-corrected chi connectivity index (χ0v) is 12.7. The lowest BCUT2D eigenvalue weighted by Gasteiger charge is -2.37. The first-order valence-electron chi connectivity index (χ1n) is 5.63. The SMILES string of the molecule is O=P(O)(O)C1(P(=O)(O)O)C=CC(CCCC=S)CN1. The predicted octanol–water partition coefficient (Wildman–Crippen LogP) is 0.941. The first-order chi connectivity index (χ1) is 8.64. The highest BCUT2D eigenvalue weighted by atomic mass is 32.1. The van der Waals surface area contributed by atoms with Crippen LogP contribution in [0.25, 0.3) is 0 Å². The van der Waals surface area contributed by atoms with Crippen LogP contribution in [0.4, 0.5) is 0 Å². The van der Waals surface area contributed by atoms with Crippen LogP contribution in [-0.4, -0.2) is 36.5 Å². The molecule has 0 aromatic heterocycles. The Morgan fingerprint density at radius 2 is 1.89 bits per heavy atom. The van der Waals surface area contributed by atoms with Crippen molar-refractivity contribution in [2.45, 2.75) is 24.3 Å². The zero-order valence-electron chi connectivity index (χ0n) is 10.0. The average Bonchev–Trinajstić information content (AvgIpc) is 2.27. The van der Waals surface area contributed by atoms with E-state index in [4.69, 9.17) is 0 Å². The first kappa shape index (κ1) is 17.1. The molecule has 0 saturated heterocycles. The van der Waals surface area contributed by atoms with Gasteiger partial charge < -0.3 is 19.6 Å². The minimum Gasteiger partial charge on any atom is -0.322 e. The third-order valence-corrected chi connectivity index (χ3v) is 7.20. The highest BCUT2D eigenvalue weighted by Crippen LogP contribution is 2.68. The summed E-state index contributed by atoms with van der Waals surface area (Å²) in [4.78, 5) is 36.9. The van der Waals surface area contributed by atoms with Gasteiger partial charge in [-0.2, -0.15) is 0 Å². The van der Waals surface area contributed by atoms with Crippen molar-refractivity contribution >= 4 is 32.8 Å². The molecule has 1 aliphatic heterocycles. The van der Waals surface area contributed by atoms with Crippen LogP contribution in [0.2, 0.25) is 0 Å². The van der Waals surface area contributed by atoms with Gasteiger partial charge in [0.05, 0.1) is 0 Å². The van der Waals surface area contributed by atoms with Crippen molar-refractivity contribution in [1.29, 1.82) is 0 Å². The molecule has 0 bridgehead atoms. The van der Waals surface area contributed by atoms with Gasteiger partial charge in [0.2, 0.25) is 5.02 Å². The van der Waals surface area contributed by atoms with Gasteiger partial charge in [-0.1, -0.05) is 18.3 Å². The second kappa shape index (κ2) is 6.24. The van der Waals surface area contributed by atoms with Crippen molar-refractivity contribution in [3.63, 3.8) is 0 Å². The summed E-state index contributed by atoms with van der Waals surface area (Å²) in [5.41, 5.74) is 0. The minimum absolute atomic E-state index is 0.0267. The monoisotopic (exact) mass is 329 g/mol. The van der Waals surface area contributed by atoms with Gasteiger partial charge in [0, 0.05) is 6.54 Å². The molecule has 0 spiro atoms. The second-order valence-corrected chi connectivity index (χ2v) is 8.68. The van der Waals surface area contributed by atoms with Crippen LogP contribution in [0.5, 0.6) is 0 Å². The quantitative estimate of drug-likeness (QED) is 0.211. The van der Waals surface area contributed by atoms with Gasteiger partial charge in [-0.3, -0.25) is 14.4 Å². The molecule has 1 unspecified atom stereocenters. The molecule has 0 amide bonds. The summed E-state index contributed by atoms with van der Waals surface area (Å²) in [5, 5.41) is 1.35. The van der Waals surface area contributed by atoms with Crippen LogP contribution in [-0.2, 0) is 9.13 Å². The fraction of sp³-hybridized carbons (Fsp3) is 0.667. The largest absolute Gasteiger partial charge is 0.361 e. The van der Waals surface area contributed by atoms with Crippen molar-refractivity contribution in [2.24, 2.45) is 5.92 Å². The van der Waals surface area contributed by atoms with E-state index < -0.39 is 20.2 Å². The molecular formula is C9H17NO6P2S. The van der Waals surface area contributed by atoms with E-state index in [9.17, 15) is 28.7 Å². The fourth-order valence-corrected chi connectivity index (χ4v) is 4.59. The van der Waals surface area contributed by atoms with Gasteiger partial charge in [-0.25, -0.2) is 0 Å². The molecule has 0 saturated carbocycles. The Bertz CT molecular complexity index is 434. The fourth-order valence-electron chi connectivity index (χ4n) is 1.91. The summed E-state index contributed by atoms with van der Waals surface area (Å²) in [6.45, 7) is 0.101. The van der Waals surface area contributed by atoms with Gasteiger partial charge in [-0.15, -0.1) is 0 Å². The highest BCUT2D eigenvalue weighted by molar-refractivity contribution is 7.78. The van der Waals surface area contributed by atoms with Crippen molar-refractivity contribution in [2.75, 3.05) is 6.54 Å². The lowest BCUT2D eigenvalue weighted by molar-refractivity contribution is 0.296. The van der Waals surface area contributed by atoms with Crippen LogP contribution in [0.3, 0.4) is 0 Å². The predicted molar refractivity (Wildman–Crippen MR) is 75.0 cm³/mol. The number of nitrogens with one attached hydrogen (secondary N) is 1. The maximum absolute atomic E-state index is 11.4. The Morgan fingerprint density at radius 1 is 1.32 bits per heavy atom. The third kappa shape index (κ3) is 3.80. The molecule has 1 rings (SSSR count). The van der Waals surface area contributed by atoms with Gasteiger partial charge >= 0.3 is 15.2 Å². The maximum atomic E-state index is 11.4. The van der Waals surface area contributed by atoms with Gasteiger partial charge in [0.25, 0.3) is 0 Å². The molecule has 1 aliphatic rings. The van der Waals surface area contributed by atoms with Crippen molar-refractivity contribution < 1.29 is 28.7 Å². The molecule has 1 atom stereocenters. The van der Waals surface area contributed by atoms with Crippen LogP contribution in [0.1, 0.15) is 19.3 Å². The Labute approximate surface area is 116 Å². The minimum atomic E-state index is -5.04. The lowest BCUT2D eigenvalue weighted by atomic mass is 9.99. The molecule has 0 aromatic rings. The molecule has 110 valence electrons. The molecule has 0 radical (unpaired) electrons. The van der Waals surface area contributed by atoms with Crippen LogP contribution < -0.4 is 5.32 Å². The van der Waals surface area contributed by atoms with Gasteiger partial charge in [-0.05, 0) is 36.6 Å². The summed E-state index contributed by atoms with van der Waals surface area (Å²) in [7, 11) is -10.1. The Kier molecular flexibility index (Phi) is 5.63. The lowest BCUT2D eigenvalue weighted by Crippen LogP contribution is -2.47. The summed E-state index contributed by atoms with van der Waals surface area (Å²) in [5.74, 6) is -0.0267. The standard InChI is InChI=1S/C9H17NO6P2S/c11-17(12,13)9(18(14,15)16)5-4-8(7-10-9)3-1-2-6-19/h4-6,8,10H,1-3,7H2,(H2,11,12,13)(H2,14,15,16). The van der Waals surface area contributed by atoms with Gasteiger partial charge in [0.1, 0.15) is 0 Å². The van der Waals surface area contributed by atoms with E-state index in [2.05, 4.69) is 17.5 Å². The molecular weight excluding hydrogens is 312 g/mol. The highest BCUT2D eigenvalue weighted by Gasteiger charge is 2.59. The summed E-state index contributed by atoms with van der Waals surface area (Å²) < 4.78 is 22.8. The van der Waals surface area contributed by atoms with E-state index in [-0.39, 0.29) is 12.5 Å². The number of rotatable bonds is 6. The van der Waals surface area contributed by atoms with Crippen molar-refractivity contribution in [3.05, 3.63) is 12.2 Å². The third-order valence-electron chi connectivity index (χ3n) is 3.01. The number of thiocarbonyl (C=S) groups is 1. The summed E-state index contributed by atoms with van der Waals surface area (Å²) in [6.07, 6.45) is 4.67. The topological polar surface area (TPSA) is 127 Å². The normalized spacial score (nSPS) is 23.3. The van der Waals surface area contributed by atoms with Crippen LogP contribution >= 0.6 is 27.4 Å². The molecule has 0 aliphatic carbocycles. The van der Waals surface area contributed by atoms with Gasteiger partial charge in [0.15, 0.2) is 0 Å².